The normalized spacial score (nSPS) is 12.5. The SMILES string of the molecule is CCOC(=O)c1c(C)oc(C(C)(C)C)c1CP(=O)(OCC)OCC. The van der Waals surface area contributed by atoms with E-state index in [1.54, 1.807) is 27.7 Å². The maximum Gasteiger partial charge on any atom is 0.341 e. The molecule has 0 unspecified atom stereocenters. The second-order valence-electron chi connectivity index (χ2n) is 6.42. The molecule has 24 heavy (non-hydrogen) atoms. The van der Waals surface area contributed by atoms with Crippen molar-refractivity contribution in [3.05, 3.63) is 22.6 Å². The third kappa shape index (κ3) is 4.95. The Morgan fingerprint density at radius 1 is 1.08 bits per heavy atom. The molecule has 0 aliphatic carbocycles. The second-order valence-corrected chi connectivity index (χ2v) is 8.47. The number of hydrogen-bond acceptors (Lipinski definition) is 6. The third-order valence-corrected chi connectivity index (χ3v) is 5.35. The van der Waals surface area contributed by atoms with Gasteiger partial charge < -0.3 is 18.2 Å². The minimum absolute atomic E-state index is 0.0211. The lowest BCUT2D eigenvalue weighted by molar-refractivity contribution is 0.0523. The average molecular weight is 360 g/mol. The first-order valence-corrected chi connectivity index (χ1v) is 10.00. The van der Waals surface area contributed by atoms with E-state index in [2.05, 4.69) is 0 Å². The van der Waals surface area contributed by atoms with Gasteiger partial charge in [-0.15, -0.1) is 0 Å². The molecule has 0 aromatic carbocycles. The summed E-state index contributed by atoms with van der Waals surface area (Å²) in [5, 5.41) is 0. The van der Waals surface area contributed by atoms with Gasteiger partial charge >= 0.3 is 13.6 Å². The molecule has 1 aromatic heterocycles. The summed E-state index contributed by atoms with van der Waals surface area (Å²) >= 11 is 0. The van der Waals surface area contributed by atoms with Crippen LogP contribution in [0.4, 0.5) is 0 Å². The smallest absolute Gasteiger partial charge is 0.341 e. The van der Waals surface area contributed by atoms with Crippen LogP contribution in [0.25, 0.3) is 0 Å². The van der Waals surface area contributed by atoms with Crippen LogP contribution in [0.2, 0.25) is 0 Å². The fraction of sp³-hybridized carbons (Fsp3) is 0.706. The maximum atomic E-state index is 13.0. The minimum Gasteiger partial charge on any atom is -0.465 e. The van der Waals surface area contributed by atoms with E-state index in [0.29, 0.717) is 22.6 Å². The largest absolute Gasteiger partial charge is 0.465 e. The Morgan fingerprint density at radius 3 is 2.04 bits per heavy atom. The van der Waals surface area contributed by atoms with Crippen molar-refractivity contribution in [3.63, 3.8) is 0 Å². The van der Waals surface area contributed by atoms with E-state index in [0.717, 1.165) is 0 Å². The zero-order valence-corrected chi connectivity index (χ0v) is 16.6. The Kier molecular flexibility index (Phi) is 7.26. The quantitative estimate of drug-likeness (QED) is 0.488. The van der Waals surface area contributed by atoms with Crippen molar-refractivity contribution >= 4 is 13.6 Å². The number of esters is 1. The lowest BCUT2D eigenvalue weighted by Crippen LogP contribution is -2.15. The van der Waals surface area contributed by atoms with Gasteiger partial charge in [-0.25, -0.2) is 4.79 Å². The van der Waals surface area contributed by atoms with Crippen molar-refractivity contribution < 1.29 is 27.6 Å². The predicted octanol–water partition coefficient (Wildman–Crippen LogP) is 4.83. The molecule has 0 spiro atoms. The standard InChI is InChI=1S/C17H29O6P/c1-8-20-16(18)14-12(4)23-15(17(5,6)7)13(14)11-24(19,21-9-2)22-10-3/h8-11H2,1-7H3. The predicted molar refractivity (Wildman–Crippen MR) is 92.7 cm³/mol. The van der Waals surface area contributed by atoms with Gasteiger partial charge in [0.25, 0.3) is 0 Å². The summed E-state index contributed by atoms with van der Waals surface area (Å²) < 4.78 is 34.7. The van der Waals surface area contributed by atoms with Crippen molar-refractivity contribution in [2.45, 2.75) is 60.0 Å². The molecule has 0 aliphatic rings. The highest BCUT2D eigenvalue weighted by Gasteiger charge is 2.36. The van der Waals surface area contributed by atoms with E-state index >= 15 is 0 Å². The van der Waals surface area contributed by atoms with Gasteiger partial charge in [0.15, 0.2) is 0 Å². The van der Waals surface area contributed by atoms with E-state index in [4.69, 9.17) is 18.2 Å². The van der Waals surface area contributed by atoms with Gasteiger partial charge in [-0.3, -0.25) is 4.57 Å². The topological polar surface area (TPSA) is 75.0 Å². The van der Waals surface area contributed by atoms with Gasteiger partial charge in [-0.2, -0.15) is 0 Å². The second kappa shape index (κ2) is 8.32. The molecule has 0 saturated carbocycles. The monoisotopic (exact) mass is 360 g/mol. The van der Waals surface area contributed by atoms with Crippen molar-refractivity contribution in [1.29, 1.82) is 0 Å². The molecule has 7 heteroatoms. The average Bonchev–Trinajstić information content (AvgIpc) is 2.75. The van der Waals surface area contributed by atoms with Crippen LogP contribution in [0.1, 0.15) is 69.0 Å². The number of carbonyl (C=O) groups is 1. The molecule has 0 aliphatic heterocycles. The number of rotatable bonds is 8. The minimum atomic E-state index is -3.38. The molecule has 1 aromatic rings. The third-order valence-electron chi connectivity index (χ3n) is 3.35. The van der Waals surface area contributed by atoms with Crippen LogP contribution in [-0.2, 0) is 29.9 Å². The van der Waals surface area contributed by atoms with Gasteiger partial charge in [-0.05, 0) is 27.7 Å². The van der Waals surface area contributed by atoms with E-state index in [-0.39, 0.29) is 31.4 Å². The summed E-state index contributed by atoms with van der Waals surface area (Å²) in [6, 6.07) is 0. The fourth-order valence-corrected chi connectivity index (χ4v) is 4.27. The van der Waals surface area contributed by atoms with E-state index in [1.165, 1.54) is 0 Å². The summed E-state index contributed by atoms with van der Waals surface area (Å²) in [4.78, 5) is 12.4. The van der Waals surface area contributed by atoms with Gasteiger partial charge in [0.2, 0.25) is 0 Å². The number of ether oxygens (including phenoxy) is 1. The van der Waals surface area contributed by atoms with Gasteiger partial charge in [-0.1, -0.05) is 20.8 Å². The number of hydrogen-bond donors (Lipinski definition) is 0. The molecule has 0 N–H and O–H groups in total. The van der Waals surface area contributed by atoms with Gasteiger partial charge in [0, 0.05) is 11.0 Å². The zero-order chi connectivity index (χ0) is 18.5. The molecule has 1 heterocycles. The highest BCUT2D eigenvalue weighted by atomic mass is 31.2. The summed E-state index contributed by atoms with van der Waals surface area (Å²) in [6.45, 7) is 13.6. The first-order valence-electron chi connectivity index (χ1n) is 8.27. The Morgan fingerprint density at radius 2 is 1.62 bits per heavy atom. The molecular weight excluding hydrogens is 331 g/mol. The van der Waals surface area contributed by atoms with Crippen LogP contribution < -0.4 is 0 Å². The Bertz CT molecular complexity index is 601. The molecule has 138 valence electrons. The Labute approximate surface area is 144 Å². The molecule has 0 bridgehead atoms. The molecular formula is C17H29O6P. The van der Waals surface area contributed by atoms with Crippen LogP contribution in [-0.4, -0.2) is 25.8 Å². The van der Waals surface area contributed by atoms with Gasteiger partial charge in [0.05, 0.1) is 26.0 Å². The van der Waals surface area contributed by atoms with Crippen LogP contribution in [0.3, 0.4) is 0 Å². The highest BCUT2D eigenvalue weighted by molar-refractivity contribution is 7.53. The van der Waals surface area contributed by atoms with E-state index < -0.39 is 13.6 Å². The number of furan rings is 1. The van der Waals surface area contributed by atoms with Gasteiger partial charge in [0.1, 0.15) is 17.1 Å². The lowest BCUT2D eigenvalue weighted by Gasteiger charge is -2.21. The maximum absolute atomic E-state index is 13.0. The summed E-state index contributed by atoms with van der Waals surface area (Å²) in [5.41, 5.74) is 0.499. The highest BCUT2D eigenvalue weighted by Crippen LogP contribution is 2.53. The molecule has 0 fully saturated rings. The fourth-order valence-electron chi connectivity index (χ4n) is 2.53. The van der Waals surface area contributed by atoms with Crippen molar-refractivity contribution in [2.24, 2.45) is 0 Å². The van der Waals surface area contributed by atoms with Crippen molar-refractivity contribution in [2.75, 3.05) is 19.8 Å². The van der Waals surface area contributed by atoms with Crippen LogP contribution >= 0.6 is 7.60 Å². The summed E-state index contributed by atoms with van der Waals surface area (Å²) in [5.74, 6) is 0.569. The molecule has 0 atom stereocenters. The number of aryl methyl sites for hydroxylation is 1. The van der Waals surface area contributed by atoms with Crippen LogP contribution in [0.5, 0.6) is 0 Å². The van der Waals surface area contributed by atoms with Crippen molar-refractivity contribution in [3.8, 4) is 0 Å². The van der Waals surface area contributed by atoms with E-state index in [1.807, 2.05) is 20.8 Å². The Balaban J connectivity index is 3.46. The van der Waals surface area contributed by atoms with E-state index in [9.17, 15) is 9.36 Å². The first-order chi connectivity index (χ1) is 11.1. The lowest BCUT2D eigenvalue weighted by atomic mass is 9.89. The van der Waals surface area contributed by atoms with Crippen molar-refractivity contribution in [1.82, 2.24) is 0 Å². The summed E-state index contributed by atoms with van der Waals surface area (Å²) in [7, 11) is -3.38. The zero-order valence-electron chi connectivity index (χ0n) is 15.7. The number of carbonyl (C=O) groups excluding carboxylic acids is 1. The Hall–Kier alpha value is -1.10. The molecule has 6 nitrogen and oxygen atoms in total. The molecule has 0 saturated heterocycles. The molecule has 1 rings (SSSR count). The first kappa shape index (κ1) is 20.9. The molecule has 0 amide bonds. The molecule has 0 radical (unpaired) electrons. The summed E-state index contributed by atoms with van der Waals surface area (Å²) in [6.07, 6.45) is -0.0211. The van der Waals surface area contributed by atoms with Crippen LogP contribution in [0.15, 0.2) is 4.42 Å². The van der Waals surface area contributed by atoms with Crippen LogP contribution in [0, 0.1) is 6.92 Å².